The van der Waals surface area contributed by atoms with E-state index >= 15 is 0 Å². The highest BCUT2D eigenvalue weighted by Gasteiger charge is 2.08. The van der Waals surface area contributed by atoms with Gasteiger partial charge in [0.1, 0.15) is 0 Å². The molecule has 0 saturated carbocycles. The number of rotatable bonds is 4. The lowest BCUT2D eigenvalue weighted by Gasteiger charge is -2.06. The molecule has 2 aromatic carbocycles. The van der Waals surface area contributed by atoms with E-state index in [2.05, 4.69) is 30.7 Å². The SMILES string of the molecule is Clc1ccccc1-c1cnnc(NCc2n[nH]c3ccccc23)n1. The molecular formula is C17H13ClN6. The summed E-state index contributed by atoms with van der Waals surface area (Å²) in [6.45, 7) is 0.498. The molecule has 0 atom stereocenters. The summed E-state index contributed by atoms with van der Waals surface area (Å²) in [5, 5.41) is 20.2. The number of halogens is 1. The zero-order chi connectivity index (χ0) is 16.4. The standard InChI is InChI=1S/C17H13ClN6/c18-13-7-3-1-5-11(13)15-10-20-24-17(21-15)19-9-16-12-6-2-4-8-14(12)22-23-16/h1-8,10H,9H2,(H,22,23)(H,19,21,24). The highest BCUT2D eigenvalue weighted by Crippen LogP contribution is 2.25. The summed E-state index contributed by atoms with van der Waals surface area (Å²) in [4.78, 5) is 4.48. The van der Waals surface area contributed by atoms with Gasteiger partial charge in [0.15, 0.2) is 0 Å². The number of aromatic amines is 1. The Morgan fingerprint density at radius 3 is 2.79 bits per heavy atom. The van der Waals surface area contributed by atoms with Crippen LogP contribution in [0.25, 0.3) is 22.2 Å². The molecule has 0 aliphatic heterocycles. The van der Waals surface area contributed by atoms with E-state index in [4.69, 9.17) is 11.6 Å². The van der Waals surface area contributed by atoms with Gasteiger partial charge in [-0.15, -0.1) is 5.10 Å². The molecule has 24 heavy (non-hydrogen) atoms. The Balaban J connectivity index is 1.57. The van der Waals surface area contributed by atoms with Gasteiger partial charge in [0.25, 0.3) is 0 Å². The van der Waals surface area contributed by atoms with Crippen LogP contribution in [0.2, 0.25) is 5.02 Å². The second-order valence-electron chi connectivity index (χ2n) is 5.21. The Morgan fingerprint density at radius 2 is 1.88 bits per heavy atom. The first-order valence-electron chi connectivity index (χ1n) is 7.42. The van der Waals surface area contributed by atoms with E-state index in [-0.39, 0.29) is 0 Å². The van der Waals surface area contributed by atoms with Gasteiger partial charge in [0.2, 0.25) is 5.95 Å². The van der Waals surface area contributed by atoms with Crippen molar-refractivity contribution in [1.29, 1.82) is 0 Å². The van der Waals surface area contributed by atoms with Gasteiger partial charge in [-0.3, -0.25) is 5.10 Å². The number of nitrogens with zero attached hydrogens (tertiary/aromatic N) is 4. The maximum absolute atomic E-state index is 6.21. The molecular weight excluding hydrogens is 324 g/mol. The van der Waals surface area contributed by atoms with Crippen molar-refractivity contribution in [2.45, 2.75) is 6.54 Å². The molecule has 0 saturated heterocycles. The molecule has 0 unspecified atom stereocenters. The normalized spacial score (nSPS) is 10.9. The van der Waals surface area contributed by atoms with Gasteiger partial charge in [-0.05, 0) is 12.1 Å². The van der Waals surface area contributed by atoms with Crippen LogP contribution in [0.5, 0.6) is 0 Å². The van der Waals surface area contributed by atoms with E-state index in [0.717, 1.165) is 22.2 Å². The second kappa shape index (κ2) is 6.25. The minimum Gasteiger partial charge on any atom is -0.347 e. The number of aromatic nitrogens is 5. The molecule has 0 spiro atoms. The summed E-state index contributed by atoms with van der Waals surface area (Å²) in [5.41, 5.74) is 3.39. The number of benzene rings is 2. The van der Waals surface area contributed by atoms with Crippen LogP contribution in [-0.4, -0.2) is 25.4 Å². The van der Waals surface area contributed by atoms with Crippen molar-refractivity contribution < 1.29 is 0 Å². The summed E-state index contributed by atoms with van der Waals surface area (Å²) < 4.78 is 0. The monoisotopic (exact) mass is 336 g/mol. The molecule has 2 aromatic heterocycles. The molecule has 2 heterocycles. The Labute approximate surface area is 142 Å². The van der Waals surface area contributed by atoms with Crippen LogP contribution < -0.4 is 5.32 Å². The summed E-state index contributed by atoms with van der Waals surface area (Å²) in [7, 11) is 0. The zero-order valence-corrected chi connectivity index (χ0v) is 13.3. The van der Waals surface area contributed by atoms with Gasteiger partial charge in [-0.1, -0.05) is 48.0 Å². The van der Waals surface area contributed by atoms with Crippen molar-refractivity contribution in [2.24, 2.45) is 0 Å². The number of fused-ring (bicyclic) bond motifs is 1. The molecule has 0 aliphatic carbocycles. The third-order valence-electron chi connectivity index (χ3n) is 3.67. The highest BCUT2D eigenvalue weighted by molar-refractivity contribution is 6.33. The van der Waals surface area contributed by atoms with E-state index in [0.29, 0.717) is 23.2 Å². The van der Waals surface area contributed by atoms with Crippen LogP contribution in [0.3, 0.4) is 0 Å². The lowest BCUT2D eigenvalue weighted by atomic mass is 10.2. The fourth-order valence-electron chi connectivity index (χ4n) is 2.49. The molecule has 0 radical (unpaired) electrons. The van der Waals surface area contributed by atoms with Gasteiger partial charge in [0.05, 0.1) is 34.7 Å². The third-order valence-corrected chi connectivity index (χ3v) is 4.00. The number of anilines is 1. The van der Waals surface area contributed by atoms with E-state index < -0.39 is 0 Å². The van der Waals surface area contributed by atoms with Gasteiger partial charge < -0.3 is 5.32 Å². The maximum Gasteiger partial charge on any atom is 0.243 e. The lowest BCUT2D eigenvalue weighted by Crippen LogP contribution is -2.06. The van der Waals surface area contributed by atoms with Crippen LogP contribution >= 0.6 is 11.6 Å². The summed E-state index contributed by atoms with van der Waals surface area (Å²) in [6, 6.07) is 15.5. The summed E-state index contributed by atoms with van der Waals surface area (Å²) in [6.07, 6.45) is 1.59. The predicted molar refractivity (Wildman–Crippen MR) is 93.7 cm³/mol. The van der Waals surface area contributed by atoms with Crippen molar-refractivity contribution in [3.63, 3.8) is 0 Å². The Bertz CT molecular complexity index is 997. The third kappa shape index (κ3) is 2.79. The largest absolute Gasteiger partial charge is 0.347 e. The number of hydrogen-bond donors (Lipinski definition) is 2. The quantitative estimate of drug-likeness (QED) is 0.594. The van der Waals surface area contributed by atoms with Crippen molar-refractivity contribution in [3.8, 4) is 11.3 Å². The van der Waals surface area contributed by atoms with E-state index in [1.807, 2.05) is 48.5 Å². The summed E-state index contributed by atoms with van der Waals surface area (Å²) >= 11 is 6.21. The van der Waals surface area contributed by atoms with Crippen LogP contribution in [0.15, 0.2) is 54.7 Å². The molecule has 6 nitrogen and oxygen atoms in total. The molecule has 0 bridgehead atoms. The molecule has 0 aliphatic rings. The van der Waals surface area contributed by atoms with E-state index in [1.165, 1.54) is 0 Å². The average Bonchev–Trinajstić information content (AvgIpc) is 3.04. The minimum atomic E-state index is 0.430. The Kier molecular flexibility index (Phi) is 3.80. The van der Waals surface area contributed by atoms with Gasteiger partial charge >= 0.3 is 0 Å². The van der Waals surface area contributed by atoms with E-state index in [9.17, 15) is 0 Å². The molecule has 4 aromatic rings. The number of H-pyrrole nitrogens is 1. The lowest BCUT2D eigenvalue weighted by molar-refractivity contribution is 0.927. The van der Waals surface area contributed by atoms with Crippen LogP contribution in [0, 0.1) is 0 Å². The molecule has 4 rings (SSSR count). The van der Waals surface area contributed by atoms with Gasteiger partial charge in [0, 0.05) is 10.9 Å². The van der Waals surface area contributed by atoms with Crippen LogP contribution in [0.4, 0.5) is 5.95 Å². The molecule has 7 heteroatoms. The van der Waals surface area contributed by atoms with Crippen LogP contribution in [-0.2, 0) is 6.54 Å². The van der Waals surface area contributed by atoms with E-state index in [1.54, 1.807) is 6.20 Å². The highest BCUT2D eigenvalue weighted by atomic mass is 35.5. The average molecular weight is 337 g/mol. The van der Waals surface area contributed by atoms with Crippen molar-refractivity contribution in [1.82, 2.24) is 25.4 Å². The summed E-state index contributed by atoms with van der Waals surface area (Å²) in [5.74, 6) is 0.430. The molecule has 0 fully saturated rings. The zero-order valence-electron chi connectivity index (χ0n) is 12.6. The second-order valence-corrected chi connectivity index (χ2v) is 5.62. The fraction of sp³-hybridized carbons (Fsp3) is 0.0588. The number of hydrogen-bond acceptors (Lipinski definition) is 5. The first-order chi connectivity index (χ1) is 11.8. The van der Waals surface area contributed by atoms with Crippen molar-refractivity contribution in [3.05, 3.63) is 65.4 Å². The number of para-hydroxylation sites is 1. The van der Waals surface area contributed by atoms with Crippen molar-refractivity contribution >= 4 is 28.5 Å². The first-order valence-corrected chi connectivity index (χ1v) is 7.79. The van der Waals surface area contributed by atoms with Gasteiger partial charge in [-0.2, -0.15) is 10.2 Å². The molecule has 118 valence electrons. The Hall–Kier alpha value is -2.99. The smallest absolute Gasteiger partial charge is 0.243 e. The Morgan fingerprint density at radius 1 is 1.04 bits per heavy atom. The molecule has 0 amide bonds. The predicted octanol–water partition coefficient (Wildman–Crippen LogP) is 3.68. The number of nitrogens with one attached hydrogen (secondary N) is 2. The minimum absolute atomic E-state index is 0.430. The molecule has 2 N–H and O–H groups in total. The van der Waals surface area contributed by atoms with Crippen molar-refractivity contribution in [2.75, 3.05) is 5.32 Å². The first kappa shape index (κ1) is 14.6. The fourth-order valence-corrected chi connectivity index (χ4v) is 2.73. The van der Waals surface area contributed by atoms with Crippen LogP contribution in [0.1, 0.15) is 5.69 Å². The topological polar surface area (TPSA) is 79.4 Å². The van der Waals surface area contributed by atoms with Gasteiger partial charge in [-0.25, -0.2) is 4.98 Å². The maximum atomic E-state index is 6.21.